The molecule has 0 spiro atoms. The van der Waals surface area contributed by atoms with E-state index < -0.39 is 0 Å². The van der Waals surface area contributed by atoms with Crippen molar-refractivity contribution in [3.05, 3.63) is 39.3 Å². The van der Waals surface area contributed by atoms with Crippen molar-refractivity contribution < 1.29 is 9.53 Å². The van der Waals surface area contributed by atoms with E-state index in [-0.39, 0.29) is 12.5 Å². The molecule has 0 bridgehead atoms. The number of rotatable bonds is 6. The molecule has 1 aliphatic heterocycles. The lowest BCUT2D eigenvalue weighted by Crippen LogP contribution is -2.36. The number of hydrogen-bond acceptors (Lipinski definition) is 5. The highest BCUT2D eigenvalue weighted by Gasteiger charge is 2.19. The van der Waals surface area contributed by atoms with Gasteiger partial charge in [-0.1, -0.05) is 29.6 Å². The zero-order valence-electron chi connectivity index (χ0n) is 14.5. The topological polar surface area (TPSA) is 54.5 Å². The van der Waals surface area contributed by atoms with Crippen LogP contribution in [0.3, 0.4) is 0 Å². The van der Waals surface area contributed by atoms with Crippen molar-refractivity contribution in [3.63, 3.8) is 0 Å². The summed E-state index contributed by atoms with van der Waals surface area (Å²) in [7, 11) is 0. The second-order valence-corrected chi connectivity index (χ2v) is 8.32. The Labute approximate surface area is 167 Å². The van der Waals surface area contributed by atoms with Crippen LogP contribution in [0.15, 0.2) is 24.4 Å². The number of amides is 1. The first-order chi connectivity index (χ1) is 12.5. The molecule has 1 aromatic carbocycles. The molecule has 1 amide bonds. The Balaban J connectivity index is 1.49. The van der Waals surface area contributed by atoms with Crippen LogP contribution in [-0.4, -0.2) is 35.0 Å². The van der Waals surface area contributed by atoms with Gasteiger partial charge < -0.3 is 4.74 Å². The maximum atomic E-state index is 12.1. The molecule has 140 valence electrons. The summed E-state index contributed by atoms with van der Waals surface area (Å²) in [4.78, 5) is 20.0. The van der Waals surface area contributed by atoms with Crippen LogP contribution in [0.5, 0.6) is 5.75 Å². The summed E-state index contributed by atoms with van der Waals surface area (Å²) in [5.74, 6) is 0.147. The van der Waals surface area contributed by atoms with Crippen molar-refractivity contribution in [3.8, 4) is 5.75 Å². The van der Waals surface area contributed by atoms with Gasteiger partial charge in [0.25, 0.3) is 5.91 Å². The van der Waals surface area contributed by atoms with E-state index in [1.807, 2.05) is 6.20 Å². The Kier molecular flexibility index (Phi) is 6.75. The summed E-state index contributed by atoms with van der Waals surface area (Å²) < 4.78 is 5.43. The zero-order chi connectivity index (χ0) is 18.5. The summed E-state index contributed by atoms with van der Waals surface area (Å²) in [6.45, 7) is 4.13. The molecule has 2 aromatic rings. The quantitative estimate of drug-likeness (QED) is 0.735. The van der Waals surface area contributed by atoms with Gasteiger partial charge in [0.2, 0.25) is 0 Å². The van der Waals surface area contributed by atoms with Crippen molar-refractivity contribution >= 4 is 45.6 Å². The van der Waals surface area contributed by atoms with Gasteiger partial charge in [-0.25, -0.2) is 4.98 Å². The van der Waals surface area contributed by atoms with Crippen LogP contribution in [0.1, 0.15) is 31.1 Å². The predicted molar refractivity (Wildman–Crippen MR) is 106 cm³/mol. The first-order valence-electron chi connectivity index (χ1n) is 8.58. The average molecular weight is 414 g/mol. The molecule has 1 aromatic heterocycles. The lowest BCUT2D eigenvalue weighted by molar-refractivity contribution is -0.118. The van der Waals surface area contributed by atoms with Gasteiger partial charge >= 0.3 is 0 Å². The molecule has 8 heteroatoms. The molecule has 1 N–H and O–H groups in total. The van der Waals surface area contributed by atoms with E-state index in [2.05, 4.69) is 22.1 Å². The van der Waals surface area contributed by atoms with E-state index in [0.29, 0.717) is 27.0 Å². The first-order valence-corrected chi connectivity index (χ1v) is 10.1. The number of carbonyl (C=O) groups excluding carboxylic acids is 1. The fourth-order valence-electron chi connectivity index (χ4n) is 2.92. The fourth-order valence-corrected chi connectivity index (χ4v) is 4.24. The summed E-state index contributed by atoms with van der Waals surface area (Å²) in [6, 6.07) is 5.47. The van der Waals surface area contributed by atoms with E-state index in [0.717, 1.165) is 18.0 Å². The number of nitrogens with zero attached hydrogens (tertiary/aromatic N) is 2. The number of nitrogens with one attached hydrogen (secondary N) is 1. The molecule has 0 aliphatic carbocycles. The molecular formula is C18H21Cl2N3O2S. The molecule has 0 radical (unpaired) electrons. The molecule has 1 fully saturated rings. The van der Waals surface area contributed by atoms with Crippen molar-refractivity contribution in [2.45, 2.75) is 38.8 Å². The molecule has 1 unspecified atom stereocenters. The Bertz CT molecular complexity index is 769. The normalized spacial score (nSPS) is 17.9. The third-order valence-electron chi connectivity index (χ3n) is 4.35. The Morgan fingerprint density at radius 1 is 1.42 bits per heavy atom. The molecule has 1 aliphatic rings. The second kappa shape index (κ2) is 9.04. The number of hydrogen-bond donors (Lipinski definition) is 1. The zero-order valence-corrected chi connectivity index (χ0v) is 16.8. The number of anilines is 1. The van der Waals surface area contributed by atoms with Crippen molar-refractivity contribution in [1.82, 2.24) is 9.88 Å². The molecule has 1 atom stereocenters. The summed E-state index contributed by atoms with van der Waals surface area (Å²) in [5, 5.41) is 4.24. The van der Waals surface area contributed by atoms with Crippen molar-refractivity contribution in [2.24, 2.45) is 0 Å². The summed E-state index contributed by atoms with van der Waals surface area (Å²) >= 11 is 13.4. The first kappa shape index (κ1) is 19.4. The van der Waals surface area contributed by atoms with Gasteiger partial charge in [0.15, 0.2) is 11.7 Å². The average Bonchev–Trinajstić information content (AvgIpc) is 3.03. The highest BCUT2D eigenvalue weighted by atomic mass is 35.5. The number of piperidine rings is 1. The smallest absolute Gasteiger partial charge is 0.264 e. The van der Waals surface area contributed by atoms with E-state index in [1.54, 1.807) is 18.2 Å². The number of aromatic nitrogens is 1. The predicted octanol–water partition coefficient (Wildman–Crippen LogP) is 4.84. The number of carbonyl (C=O) groups is 1. The number of thiazole rings is 1. The number of ether oxygens (including phenoxy) is 1. The lowest BCUT2D eigenvalue weighted by atomic mass is 10.0. The van der Waals surface area contributed by atoms with Crippen LogP contribution >= 0.6 is 34.5 Å². The minimum Gasteiger partial charge on any atom is -0.482 e. The fraction of sp³-hybridized carbons (Fsp3) is 0.444. The van der Waals surface area contributed by atoms with Crippen LogP contribution in [0.25, 0.3) is 0 Å². The van der Waals surface area contributed by atoms with E-state index >= 15 is 0 Å². The van der Waals surface area contributed by atoms with Crippen LogP contribution in [0.4, 0.5) is 5.13 Å². The van der Waals surface area contributed by atoms with Gasteiger partial charge in [0.05, 0.1) is 5.02 Å². The molecule has 0 saturated carbocycles. The molecule has 2 heterocycles. The molecule has 1 saturated heterocycles. The summed E-state index contributed by atoms with van der Waals surface area (Å²) in [5.41, 5.74) is 0. The van der Waals surface area contributed by atoms with E-state index in [4.69, 9.17) is 27.9 Å². The molecule has 5 nitrogen and oxygen atoms in total. The van der Waals surface area contributed by atoms with Crippen LogP contribution in [0, 0.1) is 0 Å². The van der Waals surface area contributed by atoms with Gasteiger partial charge in [0, 0.05) is 28.7 Å². The highest BCUT2D eigenvalue weighted by molar-refractivity contribution is 7.15. The van der Waals surface area contributed by atoms with Gasteiger partial charge in [-0.2, -0.15) is 0 Å². The Morgan fingerprint density at radius 2 is 2.27 bits per heavy atom. The number of likely N-dealkylation sites (tertiary alicyclic amines) is 1. The highest BCUT2D eigenvalue weighted by Crippen LogP contribution is 2.28. The maximum absolute atomic E-state index is 12.1. The standard InChI is InChI=1S/C18H21Cl2N3O2S/c1-12-4-2-3-7-23(12)10-14-9-21-18(26-14)22-17(24)11-25-16-6-5-13(19)8-15(16)20/h5-6,8-9,12H,2-4,7,10-11H2,1H3,(H,21,22,24). The van der Waals surface area contributed by atoms with Crippen molar-refractivity contribution in [1.29, 1.82) is 0 Å². The minimum absolute atomic E-state index is 0.139. The third kappa shape index (κ3) is 5.33. The largest absolute Gasteiger partial charge is 0.482 e. The van der Waals surface area contributed by atoms with E-state index in [9.17, 15) is 4.79 Å². The number of benzene rings is 1. The molecular weight excluding hydrogens is 393 g/mol. The summed E-state index contributed by atoms with van der Waals surface area (Å²) in [6.07, 6.45) is 5.63. The lowest BCUT2D eigenvalue weighted by Gasteiger charge is -2.32. The monoisotopic (exact) mass is 413 g/mol. The van der Waals surface area contributed by atoms with E-state index in [1.165, 1.54) is 30.6 Å². The van der Waals surface area contributed by atoms with Gasteiger partial charge in [-0.15, -0.1) is 11.3 Å². The number of halogens is 2. The molecule has 3 rings (SSSR count). The van der Waals surface area contributed by atoms with Gasteiger partial charge in [-0.05, 0) is 44.5 Å². The Hall–Kier alpha value is -1.34. The minimum atomic E-state index is -0.275. The molecule has 26 heavy (non-hydrogen) atoms. The van der Waals surface area contributed by atoms with Crippen molar-refractivity contribution in [2.75, 3.05) is 18.5 Å². The van der Waals surface area contributed by atoms with Gasteiger partial charge in [-0.3, -0.25) is 15.0 Å². The third-order valence-corrected chi connectivity index (χ3v) is 5.78. The van der Waals surface area contributed by atoms with Gasteiger partial charge in [0.1, 0.15) is 5.75 Å². The van der Waals surface area contributed by atoms with Crippen LogP contribution in [0.2, 0.25) is 10.0 Å². The maximum Gasteiger partial charge on any atom is 0.264 e. The second-order valence-electron chi connectivity index (χ2n) is 6.36. The van der Waals surface area contributed by atoms with Crippen LogP contribution < -0.4 is 10.1 Å². The van der Waals surface area contributed by atoms with Crippen LogP contribution in [-0.2, 0) is 11.3 Å². The SMILES string of the molecule is CC1CCCCN1Cc1cnc(NC(=O)COc2ccc(Cl)cc2Cl)s1. The Morgan fingerprint density at radius 3 is 3.04 bits per heavy atom.